The number of furan rings is 1. The van der Waals surface area contributed by atoms with Crippen LogP contribution in [0.25, 0.3) is 28.8 Å². The number of H-pyrrole nitrogens is 1. The maximum Gasteiger partial charge on any atom is 0.342 e. The molecule has 0 atom stereocenters. The number of nitro groups is 1. The Morgan fingerprint density at radius 1 is 1.21 bits per heavy atom. The summed E-state index contributed by atoms with van der Waals surface area (Å²) < 4.78 is 5.77. The van der Waals surface area contributed by atoms with E-state index in [1.165, 1.54) is 18.2 Å². The van der Waals surface area contributed by atoms with E-state index in [0.717, 1.165) is 17.3 Å². The van der Waals surface area contributed by atoms with Crippen LogP contribution < -0.4 is 0 Å². The molecule has 0 aliphatic heterocycles. The minimum Gasteiger partial charge on any atom is -0.477 e. The van der Waals surface area contributed by atoms with Gasteiger partial charge < -0.3 is 9.52 Å². The molecular weight excluding hydrogens is 468 g/mol. The number of non-ortho nitro benzene ring substituents is 1. The number of carbonyl (C=O) groups is 1. The van der Waals surface area contributed by atoms with Crippen molar-refractivity contribution in [1.29, 1.82) is 0 Å². The molecule has 2 heterocycles. The van der Waals surface area contributed by atoms with Crippen LogP contribution in [0.15, 0.2) is 69.1 Å². The summed E-state index contributed by atoms with van der Waals surface area (Å²) in [6.45, 7) is 1.74. The van der Waals surface area contributed by atoms with Crippen molar-refractivity contribution in [3.63, 3.8) is 0 Å². The average Bonchev–Trinajstić information content (AvgIpc) is 3.43. The normalized spacial score (nSPS) is 11.5. The number of rotatable bonds is 7. The van der Waals surface area contributed by atoms with E-state index in [1.807, 2.05) is 0 Å². The molecule has 4 aromatic rings. The third-order valence-electron chi connectivity index (χ3n) is 4.58. The van der Waals surface area contributed by atoms with E-state index in [2.05, 4.69) is 15.2 Å². The fourth-order valence-electron chi connectivity index (χ4n) is 3.00. The summed E-state index contributed by atoms with van der Waals surface area (Å²) in [7, 11) is 0. The first kappa shape index (κ1) is 22.3. The summed E-state index contributed by atoms with van der Waals surface area (Å²) in [6.07, 6.45) is 1.37. The van der Waals surface area contributed by atoms with Gasteiger partial charge in [-0.2, -0.15) is 0 Å². The number of aromatic nitrogens is 3. The van der Waals surface area contributed by atoms with E-state index >= 15 is 0 Å². The van der Waals surface area contributed by atoms with Gasteiger partial charge in [0, 0.05) is 34.4 Å². The van der Waals surface area contributed by atoms with Gasteiger partial charge in [-0.1, -0.05) is 11.6 Å². The van der Waals surface area contributed by atoms with E-state index in [9.17, 15) is 20.0 Å². The molecule has 166 valence electrons. The third kappa shape index (κ3) is 5.13. The molecule has 2 aromatic heterocycles. The Hall–Kier alpha value is -3.89. The van der Waals surface area contributed by atoms with E-state index in [-0.39, 0.29) is 15.7 Å². The number of hydrogen-bond acceptors (Lipinski definition) is 7. The second-order valence-electron chi connectivity index (χ2n) is 6.85. The monoisotopic (exact) mass is 482 g/mol. The molecule has 33 heavy (non-hydrogen) atoms. The van der Waals surface area contributed by atoms with Crippen molar-refractivity contribution in [2.45, 2.75) is 12.1 Å². The smallest absolute Gasteiger partial charge is 0.342 e. The van der Waals surface area contributed by atoms with Crippen molar-refractivity contribution in [3.8, 4) is 22.7 Å². The number of nitrogens with zero attached hydrogens (tertiary/aromatic N) is 3. The Balaban J connectivity index is 1.56. The van der Waals surface area contributed by atoms with Gasteiger partial charge in [-0.15, -0.1) is 5.10 Å². The molecule has 0 fully saturated rings. The molecule has 0 radical (unpaired) electrons. The van der Waals surface area contributed by atoms with Gasteiger partial charge in [0.2, 0.25) is 5.16 Å². The van der Waals surface area contributed by atoms with Crippen LogP contribution in [-0.2, 0) is 4.79 Å². The highest BCUT2D eigenvalue weighted by atomic mass is 35.5. The molecule has 0 unspecified atom stereocenters. The fraction of sp³-hybridized carbons (Fsp3) is 0.0455. The van der Waals surface area contributed by atoms with Gasteiger partial charge in [0.1, 0.15) is 16.4 Å². The van der Waals surface area contributed by atoms with Crippen LogP contribution in [0.2, 0.25) is 5.02 Å². The zero-order valence-corrected chi connectivity index (χ0v) is 18.6. The Labute approximate surface area is 196 Å². The average molecular weight is 483 g/mol. The molecule has 2 N–H and O–H groups in total. The number of carboxylic acid groups (broad SMARTS) is 1. The first-order chi connectivity index (χ1) is 15.8. The summed E-state index contributed by atoms with van der Waals surface area (Å²) in [5.41, 5.74) is 2.08. The summed E-state index contributed by atoms with van der Waals surface area (Å²) in [4.78, 5) is 26.5. The highest BCUT2D eigenvalue weighted by Crippen LogP contribution is 2.31. The molecule has 0 spiro atoms. The van der Waals surface area contributed by atoms with Crippen molar-refractivity contribution < 1.29 is 19.2 Å². The molecule has 9 nitrogen and oxygen atoms in total. The largest absolute Gasteiger partial charge is 0.477 e. The van der Waals surface area contributed by atoms with Crippen molar-refractivity contribution in [2.24, 2.45) is 0 Å². The molecule has 0 aliphatic carbocycles. The molecule has 2 aromatic carbocycles. The standard InChI is InChI=1S/C22H15ClN4O5S/c1-12-10-15(27(30)31)6-8-17(12)18-9-7-16(32-18)11-19(21(28)29)33-22-24-20(25-26-22)13-2-4-14(23)5-3-13/h2-11H,1H3,(H,28,29)(H,24,25,26)/b19-11-. The number of aromatic amines is 1. The number of carboxylic acids is 1. The zero-order chi connectivity index (χ0) is 23.5. The number of halogens is 1. The lowest BCUT2D eigenvalue weighted by molar-refractivity contribution is -0.384. The van der Waals surface area contributed by atoms with Gasteiger partial charge in [0.15, 0.2) is 5.82 Å². The summed E-state index contributed by atoms with van der Waals surface area (Å²) in [6, 6.07) is 14.7. The number of aryl methyl sites for hydroxylation is 1. The van der Waals surface area contributed by atoms with E-state index in [4.69, 9.17) is 16.0 Å². The second-order valence-corrected chi connectivity index (χ2v) is 8.29. The van der Waals surface area contributed by atoms with Gasteiger partial charge in [-0.3, -0.25) is 15.2 Å². The van der Waals surface area contributed by atoms with Crippen LogP contribution in [0.4, 0.5) is 5.69 Å². The van der Waals surface area contributed by atoms with Gasteiger partial charge >= 0.3 is 5.97 Å². The highest BCUT2D eigenvalue weighted by Gasteiger charge is 2.17. The minimum absolute atomic E-state index is 0.0167. The Morgan fingerprint density at radius 2 is 1.97 bits per heavy atom. The topological polar surface area (TPSA) is 135 Å². The van der Waals surface area contributed by atoms with Crippen LogP contribution in [-0.4, -0.2) is 31.2 Å². The molecule has 0 aliphatic rings. The number of nitro benzene ring substituents is 1. The quantitative estimate of drug-likeness (QED) is 0.145. The van der Waals surface area contributed by atoms with E-state index < -0.39 is 10.9 Å². The molecule has 0 saturated heterocycles. The number of benzene rings is 2. The summed E-state index contributed by atoms with van der Waals surface area (Å²) >= 11 is 6.77. The molecule has 0 amide bonds. The van der Waals surface area contributed by atoms with E-state index in [1.54, 1.807) is 49.4 Å². The van der Waals surface area contributed by atoms with Gasteiger partial charge in [-0.25, -0.2) is 9.78 Å². The van der Waals surface area contributed by atoms with Crippen LogP contribution >= 0.6 is 23.4 Å². The van der Waals surface area contributed by atoms with Gasteiger partial charge in [0.05, 0.1) is 4.92 Å². The van der Waals surface area contributed by atoms with Crippen LogP contribution in [0.3, 0.4) is 0 Å². The number of aliphatic carboxylic acids is 1. The van der Waals surface area contributed by atoms with Gasteiger partial charge in [-0.05, 0) is 66.7 Å². The fourth-order valence-corrected chi connectivity index (χ4v) is 3.82. The van der Waals surface area contributed by atoms with Crippen LogP contribution in [0, 0.1) is 17.0 Å². The number of hydrogen-bond donors (Lipinski definition) is 2. The summed E-state index contributed by atoms with van der Waals surface area (Å²) in [5.74, 6) is 0.0857. The lowest BCUT2D eigenvalue weighted by atomic mass is 10.1. The summed E-state index contributed by atoms with van der Waals surface area (Å²) in [5, 5.41) is 28.2. The lowest BCUT2D eigenvalue weighted by Crippen LogP contribution is -1.97. The molecular formula is C22H15ClN4O5S. The SMILES string of the molecule is Cc1cc([N+](=O)[O-])ccc1-c1ccc(/C=C(\Sc2n[nH]c(-c3ccc(Cl)cc3)n2)C(=O)O)o1. The maximum absolute atomic E-state index is 11.8. The predicted octanol–water partition coefficient (Wildman–Crippen LogP) is 5.82. The zero-order valence-electron chi connectivity index (χ0n) is 17.0. The highest BCUT2D eigenvalue weighted by molar-refractivity contribution is 8.04. The number of thioether (sulfide) groups is 1. The van der Waals surface area contributed by atoms with Crippen LogP contribution in [0.1, 0.15) is 11.3 Å². The predicted molar refractivity (Wildman–Crippen MR) is 124 cm³/mol. The molecule has 11 heteroatoms. The van der Waals surface area contributed by atoms with Crippen molar-refractivity contribution in [3.05, 3.63) is 86.0 Å². The van der Waals surface area contributed by atoms with Crippen molar-refractivity contribution >= 4 is 41.1 Å². The number of nitrogens with one attached hydrogen (secondary N) is 1. The van der Waals surface area contributed by atoms with Crippen molar-refractivity contribution in [1.82, 2.24) is 15.2 Å². The van der Waals surface area contributed by atoms with Crippen molar-refractivity contribution in [2.75, 3.05) is 0 Å². The minimum atomic E-state index is -1.16. The first-order valence-corrected chi connectivity index (χ1v) is 10.7. The molecule has 0 saturated carbocycles. The third-order valence-corrected chi connectivity index (χ3v) is 5.71. The van der Waals surface area contributed by atoms with E-state index in [0.29, 0.717) is 33.5 Å². The molecule has 0 bridgehead atoms. The molecule has 4 rings (SSSR count). The Bertz CT molecular complexity index is 1380. The lowest BCUT2D eigenvalue weighted by Gasteiger charge is -2.02. The maximum atomic E-state index is 11.8. The second kappa shape index (κ2) is 9.31. The Kier molecular flexibility index (Phi) is 6.29. The van der Waals surface area contributed by atoms with Gasteiger partial charge in [0.25, 0.3) is 5.69 Å². The Morgan fingerprint density at radius 3 is 2.64 bits per heavy atom. The van der Waals surface area contributed by atoms with Crippen LogP contribution in [0.5, 0.6) is 0 Å². The first-order valence-electron chi connectivity index (χ1n) is 9.46.